The van der Waals surface area contributed by atoms with Gasteiger partial charge in [-0.15, -0.1) is 0 Å². The molecule has 0 unspecified atom stereocenters. The largest absolute Gasteiger partial charge is 0.512 e. The Morgan fingerprint density at radius 3 is 1.38 bits per heavy atom. The Balaban J connectivity index is 3.42. The Morgan fingerprint density at radius 2 is 0.949 bits per heavy atom. The van der Waals surface area contributed by atoms with Crippen LogP contribution in [0.5, 0.6) is 0 Å². The van der Waals surface area contributed by atoms with E-state index in [1.54, 1.807) is 41.2 Å². The van der Waals surface area contributed by atoms with Crippen LogP contribution in [0.3, 0.4) is 0 Å². The lowest BCUT2D eigenvalue weighted by Crippen LogP contribution is -2.48. The Kier molecular flexibility index (Phi) is 34.3. The Bertz CT molecular complexity index is 521. The van der Waals surface area contributed by atoms with Crippen LogP contribution in [0.15, 0.2) is 23.6 Å². The van der Waals surface area contributed by atoms with Crippen molar-refractivity contribution in [1.82, 2.24) is 0 Å². The molecule has 0 spiro atoms. The average molecular weight is 639 g/mol. The predicted octanol–water partition coefficient (Wildman–Crippen LogP) is 12.8. The van der Waals surface area contributed by atoms with E-state index in [0.29, 0.717) is 19.8 Å². The highest BCUT2D eigenvalue weighted by atomic mass is 33.7. The van der Waals surface area contributed by atoms with E-state index < -0.39 is 8.80 Å². The predicted molar refractivity (Wildman–Crippen MR) is 188 cm³/mol. The van der Waals surface area contributed by atoms with Gasteiger partial charge in [0.25, 0.3) is 0 Å². The fraction of sp³-hybridized carbons (Fsp3) is 0.871. The Labute approximate surface area is 260 Å². The summed E-state index contributed by atoms with van der Waals surface area (Å²) in [6.45, 7) is 10.2. The second kappa shape index (κ2) is 33.5. The molecule has 0 aliphatic carbocycles. The minimum atomic E-state index is -2.53. The fourth-order valence-electron chi connectivity index (χ4n) is 4.48. The van der Waals surface area contributed by atoms with E-state index in [9.17, 15) is 0 Å². The second-order valence-electron chi connectivity index (χ2n) is 10.0. The van der Waals surface area contributed by atoms with E-state index in [2.05, 4.69) is 30.6 Å². The molecule has 8 heteroatoms. The number of unbranched alkanes of at least 4 members (excludes halogenated alkanes) is 18. The maximum Gasteiger partial charge on any atom is 0.512 e. The van der Waals surface area contributed by atoms with Crippen LogP contribution < -0.4 is 0 Å². The van der Waals surface area contributed by atoms with Crippen LogP contribution in [-0.2, 0) is 13.3 Å². The van der Waals surface area contributed by atoms with Crippen molar-refractivity contribution in [3.8, 4) is 0 Å². The Morgan fingerprint density at radius 1 is 0.513 bits per heavy atom. The van der Waals surface area contributed by atoms with Gasteiger partial charge in [-0.1, -0.05) is 156 Å². The van der Waals surface area contributed by atoms with Crippen molar-refractivity contribution in [2.24, 2.45) is 0 Å². The molecule has 0 aliphatic rings. The zero-order valence-corrected chi connectivity index (χ0v) is 30.2. The van der Waals surface area contributed by atoms with Crippen molar-refractivity contribution in [1.29, 1.82) is 0 Å². The van der Waals surface area contributed by atoms with Crippen molar-refractivity contribution in [2.75, 3.05) is 25.2 Å². The lowest BCUT2D eigenvalue weighted by molar-refractivity contribution is 0.0774. The van der Waals surface area contributed by atoms with E-state index >= 15 is 0 Å². The number of allylic oxidation sites excluding steroid dienone is 3. The van der Waals surface area contributed by atoms with Gasteiger partial charge in [0.1, 0.15) is 0 Å². The molecule has 232 valence electrons. The van der Waals surface area contributed by atoms with Crippen LogP contribution in [0.2, 0.25) is 0 Å². The van der Waals surface area contributed by atoms with Gasteiger partial charge in [0, 0.05) is 19.8 Å². The minimum absolute atomic E-state index is 0.633. The smallest absolute Gasteiger partial charge is 0.373 e. The topological polar surface area (TPSA) is 27.7 Å². The van der Waals surface area contributed by atoms with E-state index in [1.807, 2.05) is 20.8 Å². The summed E-state index contributed by atoms with van der Waals surface area (Å²) in [7, 11) is 4.53. The summed E-state index contributed by atoms with van der Waals surface area (Å²) < 4.78 is 17.7. The van der Waals surface area contributed by atoms with Gasteiger partial charge < -0.3 is 13.3 Å². The van der Waals surface area contributed by atoms with Crippen LogP contribution >= 0.6 is 41.2 Å². The molecular formula is C31H62O3S4Si. The van der Waals surface area contributed by atoms with E-state index in [0.717, 1.165) is 5.38 Å². The molecule has 0 fully saturated rings. The van der Waals surface area contributed by atoms with Crippen molar-refractivity contribution < 1.29 is 13.3 Å². The number of hydrogen-bond acceptors (Lipinski definition) is 7. The molecular weight excluding hydrogens is 577 g/mol. The molecule has 0 atom stereocenters. The summed E-state index contributed by atoms with van der Waals surface area (Å²) >= 11 is 0. The monoisotopic (exact) mass is 638 g/mol. The van der Waals surface area contributed by atoms with Crippen molar-refractivity contribution >= 4 is 50.0 Å². The molecule has 0 N–H and O–H groups in total. The molecule has 0 aliphatic heterocycles. The molecule has 0 bridgehead atoms. The van der Waals surface area contributed by atoms with E-state index in [4.69, 9.17) is 13.3 Å². The molecule has 0 saturated heterocycles. The third-order valence-electron chi connectivity index (χ3n) is 6.55. The summed E-state index contributed by atoms with van der Waals surface area (Å²) in [5.41, 5.74) is 0. The maximum atomic E-state index is 5.89. The third-order valence-corrected chi connectivity index (χ3v) is 16.8. The summed E-state index contributed by atoms with van der Waals surface area (Å²) in [5.74, 6) is 0. The number of rotatable bonds is 32. The average Bonchev–Trinajstić information content (AvgIpc) is 2.93. The quantitative estimate of drug-likeness (QED) is 0.0313. The summed E-state index contributed by atoms with van der Waals surface area (Å²) in [6.07, 6.45) is 33.7. The van der Waals surface area contributed by atoms with Crippen LogP contribution in [0.4, 0.5) is 0 Å². The van der Waals surface area contributed by atoms with Gasteiger partial charge in [-0.05, 0) is 58.7 Å². The summed E-state index contributed by atoms with van der Waals surface area (Å²) in [5, 5.41) is 2.94. The third kappa shape index (κ3) is 28.9. The van der Waals surface area contributed by atoms with Crippen molar-refractivity contribution in [3.05, 3.63) is 23.6 Å². The SMILES string of the molecule is CCCCCCCCCCCCCCCCCCCCC=CC=CSSSSC[Si](OCC)(OCC)OCC. The molecule has 0 saturated carbocycles. The summed E-state index contributed by atoms with van der Waals surface area (Å²) in [4.78, 5) is 0. The molecule has 0 rings (SSSR count). The molecule has 3 nitrogen and oxygen atoms in total. The van der Waals surface area contributed by atoms with Crippen molar-refractivity contribution in [3.63, 3.8) is 0 Å². The first-order chi connectivity index (χ1) is 19.2. The summed E-state index contributed by atoms with van der Waals surface area (Å²) in [6, 6.07) is 0. The lowest BCUT2D eigenvalue weighted by atomic mass is 10.0. The van der Waals surface area contributed by atoms with E-state index in [-0.39, 0.29) is 0 Å². The van der Waals surface area contributed by atoms with Crippen LogP contribution in [-0.4, -0.2) is 34.0 Å². The van der Waals surface area contributed by atoms with Gasteiger partial charge in [0.2, 0.25) is 0 Å². The highest BCUT2D eigenvalue weighted by Gasteiger charge is 2.40. The zero-order valence-electron chi connectivity index (χ0n) is 25.9. The first-order valence-corrected chi connectivity index (χ1v) is 23.1. The van der Waals surface area contributed by atoms with Crippen LogP contribution in [0.25, 0.3) is 0 Å². The van der Waals surface area contributed by atoms with Gasteiger partial charge in [0.05, 0.1) is 5.38 Å². The van der Waals surface area contributed by atoms with Crippen LogP contribution in [0.1, 0.15) is 150 Å². The van der Waals surface area contributed by atoms with Crippen LogP contribution in [0, 0.1) is 0 Å². The molecule has 39 heavy (non-hydrogen) atoms. The van der Waals surface area contributed by atoms with Gasteiger partial charge in [-0.3, -0.25) is 0 Å². The fourth-order valence-corrected chi connectivity index (χ4v) is 14.6. The molecule has 0 aromatic heterocycles. The molecule has 0 heterocycles. The molecule has 0 radical (unpaired) electrons. The van der Waals surface area contributed by atoms with E-state index in [1.165, 1.54) is 122 Å². The standard InChI is InChI=1S/C31H62O3S4Si/c1-5-9-10-11-12-13-14-15-16-17-18-19-20-21-22-23-24-25-26-27-28-29-30-35-37-38-36-31-39(32-6-2,33-7-3)34-8-4/h27-30H,5-26,31H2,1-4H3. The highest BCUT2D eigenvalue weighted by molar-refractivity contribution is 9.26. The first kappa shape index (κ1) is 40.0. The molecule has 0 aromatic carbocycles. The minimum Gasteiger partial charge on any atom is -0.373 e. The van der Waals surface area contributed by atoms with Gasteiger partial charge in [-0.25, -0.2) is 0 Å². The highest BCUT2D eigenvalue weighted by Crippen LogP contribution is 2.44. The molecule has 0 aromatic rings. The van der Waals surface area contributed by atoms with Gasteiger partial charge in [0.15, 0.2) is 0 Å². The molecule has 0 amide bonds. The van der Waals surface area contributed by atoms with Gasteiger partial charge in [-0.2, -0.15) is 0 Å². The first-order valence-electron chi connectivity index (χ1n) is 16.1. The van der Waals surface area contributed by atoms with Crippen molar-refractivity contribution in [2.45, 2.75) is 150 Å². The second-order valence-corrected chi connectivity index (χ2v) is 18.9. The normalized spacial score (nSPS) is 12.4. The lowest BCUT2D eigenvalue weighted by Gasteiger charge is -2.27. The zero-order chi connectivity index (χ0) is 28.5. The maximum absolute atomic E-state index is 5.89. The van der Waals surface area contributed by atoms with Gasteiger partial charge >= 0.3 is 8.80 Å². The number of hydrogen-bond donors (Lipinski definition) is 0. The Hall–Kier alpha value is 0.977.